The number of unbranched alkanes of at least 4 members (excludes halogenated alkanes) is 11. The molecule has 0 fully saturated rings. The Morgan fingerprint density at radius 3 is 1.41 bits per heavy atom. The Hall–Kier alpha value is -3.10. The Bertz CT molecular complexity index is 1430. The molecule has 0 radical (unpaired) electrons. The zero-order valence-electron chi connectivity index (χ0n) is 40.5. The maximum absolute atomic E-state index is 12.8. The summed E-state index contributed by atoms with van der Waals surface area (Å²) in [4.78, 5) is 25.3. The van der Waals surface area contributed by atoms with Crippen LogP contribution in [0.1, 0.15) is 162 Å². The zero-order chi connectivity index (χ0) is 46.4. The fraction of sp³-hybridized carbons (Fsp3) is 0.611. The number of phosphoric ester groups is 1. The highest BCUT2D eigenvalue weighted by molar-refractivity contribution is 7.45. The molecule has 1 amide bonds. The van der Waals surface area contributed by atoms with Crippen molar-refractivity contribution in [2.24, 2.45) is 0 Å². The number of carbonyl (C=O) groups is 1. The summed E-state index contributed by atoms with van der Waals surface area (Å²) in [6.45, 7) is 4.45. The van der Waals surface area contributed by atoms with Crippen LogP contribution in [-0.2, 0) is 18.4 Å². The van der Waals surface area contributed by atoms with Crippen molar-refractivity contribution in [2.75, 3.05) is 40.9 Å². The van der Waals surface area contributed by atoms with E-state index in [9.17, 15) is 19.4 Å². The number of hydrogen-bond donors (Lipinski definition) is 2. The van der Waals surface area contributed by atoms with Gasteiger partial charge in [-0.05, 0) is 89.9 Å². The van der Waals surface area contributed by atoms with Gasteiger partial charge < -0.3 is 28.8 Å². The number of aliphatic hydroxyl groups is 1. The molecule has 0 aromatic rings. The lowest BCUT2D eigenvalue weighted by atomic mass is 10.1. The van der Waals surface area contributed by atoms with Crippen LogP contribution in [-0.4, -0.2) is 68.5 Å². The van der Waals surface area contributed by atoms with E-state index in [4.69, 9.17) is 9.05 Å². The van der Waals surface area contributed by atoms with Crippen molar-refractivity contribution in [2.45, 2.75) is 174 Å². The van der Waals surface area contributed by atoms with Crippen LogP contribution in [0.2, 0.25) is 0 Å². The summed E-state index contributed by atoms with van der Waals surface area (Å²) in [5, 5.41) is 13.7. The predicted octanol–water partition coefficient (Wildman–Crippen LogP) is 13.6. The number of phosphoric acid groups is 1. The van der Waals surface area contributed by atoms with Gasteiger partial charge in [0.1, 0.15) is 13.2 Å². The van der Waals surface area contributed by atoms with Gasteiger partial charge in [0.25, 0.3) is 7.82 Å². The molecule has 0 spiro atoms. The number of amides is 1. The van der Waals surface area contributed by atoms with E-state index in [0.717, 1.165) is 96.3 Å². The molecule has 0 aliphatic carbocycles. The van der Waals surface area contributed by atoms with Gasteiger partial charge in [-0.2, -0.15) is 0 Å². The minimum absolute atomic E-state index is 0.0152. The van der Waals surface area contributed by atoms with Gasteiger partial charge in [0.05, 0.1) is 39.9 Å². The molecule has 0 aliphatic heterocycles. The number of aliphatic hydroxyl groups excluding tert-OH is 1. The number of nitrogens with zero attached hydrogens (tertiary/aromatic N) is 1. The van der Waals surface area contributed by atoms with Gasteiger partial charge in [-0.15, -0.1) is 0 Å². The first-order valence-corrected chi connectivity index (χ1v) is 25.9. The highest BCUT2D eigenvalue weighted by Gasteiger charge is 2.23. The number of hydrogen-bond acceptors (Lipinski definition) is 6. The molecule has 0 bridgehead atoms. The molecular formula is C54H91N2O6P. The van der Waals surface area contributed by atoms with Crippen LogP contribution in [0.3, 0.4) is 0 Å². The van der Waals surface area contributed by atoms with Crippen molar-refractivity contribution in [1.82, 2.24) is 5.32 Å². The summed E-state index contributed by atoms with van der Waals surface area (Å²) < 4.78 is 23.1. The van der Waals surface area contributed by atoms with Crippen molar-refractivity contribution >= 4 is 13.7 Å². The van der Waals surface area contributed by atoms with Gasteiger partial charge in [0.15, 0.2) is 0 Å². The Morgan fingerprint density at radius 2 is 0.968 bits per heavy atom. The standard InChI is InChI=1S/C54H91N2O6P/c1-6-8-10-12-14-16-18-19-20-21-22-23-24-25-26-27-28-29-30-31-32-33-34-35-36-37-38-40-42-44-46-48-54(58)55-52(51-62-63(59,60)61-50-49-56(3,4)5)53(57)47-45-43-41-39-17-15-13-11-9-7-2/h8,10,14,16,19-20,22-23,25-26,28-29,31-32,34-35,37-38,45,47,52-53,57H,6-7,9,11-13,15,17-18,21,24,27,30,33,36,39-44,46,48-51H2,1-5H3,(H-,55,58,59,60)/b10-8-,16-14-,20-19-,23-22-,26-25-,29-28-,32-31-,35-34-,38-37-,47-45+. The van der Waals surface area contributed by atoms with Gasteiger partial charge in [-0.1, -0.05) is 187 Å². The van der Waals surface area contributed by atoms with Crippen LogP contribution in [0, 0.1) is 0 Å². The summed E-state index contributed by atoms with van der Waals surface area (Å²) in [5.41, 5.74) is 0. The van der Waals surface area contributed by atoms with E-state index in [2.05, 4.69) is 129 Å². The van der Waals surface area contributed by atoms with Gasteiger partial charge in [-0.3, -0.25) is 9.36 Å². The van der Waals surface area contributed by atoms with Crippen molar-refractivity contribution in [3.63, 3.8) is 0 Å². The van der Waals surface area contributed by atoms with Crippen molar-refractivity contribution in [3.8, 4) is 0 Å². The number of allylic oxidation sites excluding steroid dienone is 19. The topological polar surface area (TPSA) is 108 Å². The molecule has 3 atom stereocenters. The first-order chi connectivity index (χ1) is 30.5. The minimum Gasteiger partial charge on any atom is -0.756 e. The third kappa shape index (κ3) is 46.7. The molecule has 9 heteroatoms. The van der Waals surface area contributed by atoms with Crippen LogP contribution in [0.15, 0.2) is 122 Å². The average Bonchev–Trinajstić information content (AvgIpc) is 3.24. The molecule has 0 rings (SSSR count). The summed E-state index contributed by atoms with van der Waals surface area (Å²) in [6.07, 6.45) is 65.5. The lowest BCUT2D eigenvalue weighted by Gasteiger charge is -2.29. The summed E-state index contributed by atoms with van der Waals surface area (Å²) in [6, 6.07) is -0.911. The van der Waals surface area contributed by atoms with Gasteiger partial charge in [0.2, 0.25) is 5.91 Å². The average molecular weight is 895 g/mol. The Balaban J connectivity index is 4.31. The summed E-state index contributed by atoms with van der Waals surface area (Å²) in [7, 11) is 1.21. The second kappa shape index (κ2) is 44.1. The summed E-state index contributed by atoms with van der Waals surface area (Å²) in [5.74, 6) is -0.238. The highest BCUT2D eigenvalue weighted by Crippen LogP contribution is 2.38. The highest BCUT2D eigenvalue weighted by atomic mass is 31.2. The molecule has 358 valence electrons. The molecule has 0 aromatic carbocycles. The van der Waals surface area contributed by atoms with E-state index in [1.165, 1.54) is 38.5 Å². The molecule has 0 saturated heterocycles. The molecular weight excluding hydrogens is 804 g/mol. The molecule has 2 N–H and O–H groups in total. The van der Waals surface area contributed by atoms with E-state index in [0.29, 0.717) is 23.9 Å². The van der Waals surface area contributed by atoms with Crippen LogP contribution >= 0.6 is 7.82 Å². The smallest absolute Gasteiger partial charge is 0.268 e. The second-order valence-electron chi connectivity index (χ2n) is 17.1. The zero-order valence-corrected chi connectivity index (χ0v) is 41.4. The number of quaternary nitrogens is 1. The van der Waals surface area contributed by atoms with Crippen LogP contribution < -0.4 is 10.2 Å². The van der Waals surface area contributed by atoms with E-state index in [1.807, 2.05) is 27.2 Å². The number of likely N-dealkylation sites (N-methyl/N-ethyl adjacent to an activating group) is 1. The van der Waals surface area contributed by atoms with Crippen molar-refractivity contribution in [1.29, 1.82) is 0 Å². The second-order valence-corrected chi connectivity index (χ2v) is 18.5. The van der Waals surface area contributed by atoms with Crippen LogP contribution in [0.5, 0.6) is 0 Å². The first kappa shape index (κ1) is 59.9. The molecule has 0 aromatic heterocycles. The normalized spacial score (nSPS) is 15.2. The fourth-order valence-corrected chi connectivity index (χ4v) is 6.81. The monoisotopic (exact) mass is 895 g/mol. The third-order valence-corrected chi connectivity index (χ3v) is 10.9. The van der Waals surface area contributed by atoms with E-state index in [-0.39, 0.29) is 12.5 Å². The van der Waals surface area contributed by atoms with Crippen molar-refractivity contribution < 1.29 is 32.9 Å². The molecule has 0 aliphatic rings. The lowest BCUT2D eigenvalue weighted by Crippen LogP contribution is -2.45. The van der Waals surface area contributed by atoms with E-state index >= 15 is 0 Å². The first-order valence-electron chi connectivity index (χ1n) is 24.4. The molecule has 0 heterocycles. The lowest BCUT2D eigenvalue weighted by molar-refractivity contribution is -0.870. The SMILES string of the molecule is CC/C=C\C/C=C\C/C=C\C/C=C\C/C=C\C/C=C\C/C=C\C/C=C\C/C=C\CCCCCC(=O)NC(COP(=O)([O-])OCC[N+](C)(C)C)C(O)/C=C/CCCCCCCCCC. The minimum atomic E-state index is -4.60. The number of rotatable bonds is 42. The largest absolute Gasteiger partial charge is 0.756 e. The number of nitrogens with one attached hydrogen (secondary N) is 1. The quantitative estimate of drug-likeness (QED) is 0.0273. The van der Waals surface area contributed by atoms with E-state index in [1.54, 1.807) is 6.08 Å². The molecule has 63 heavy (non-hydrogen) atoms. The Kier molecular flexibility index (Phi) is 41.9. The van der Waals surface area contributed by atoms with Gasteiger partial charge >= 0.3 is 0 Å². The fourth-order valence-electron chi connectivity index (χ4n) is 6.08. The van der Waals surface area contributed by atoms with Gasteiger partial charge in [0, 0.05) is 6.42 Å². The Morgan fingerprint density at radius 1 is 0.571 bits per heavy atom. The molecule has 3 unspecified atom stereocenters. The van der Waals surface area contributed by atoms with Crippen LogP contribution in [0.4, 0.5) is 0 Å². The maximum Gasteiger partial charge on any atom is 0.268 e. The predicted molar refractivity (Wildman–Crippen MR) is 269 cm³/mol. The molecule has 0 saturated carbocycles. The Labute approximate surface area is 386 Å². The van der Waals surface area contributed by atoms with Crippen LogP contribution in [0.25, 0.3) is 0 Å². The number of carbonyl (C=O) groups excluding carboxylic acids is 1. The maximum atomic E-state index is 12.8. The third-order valence-electron chi connectivity index (χ3n) is 9.93. The van der Waals surface area contributed by atoms with Crippen molar-refractivity contribution in [3.05, 3.63) is 122 Å². The summed E-state index contributed by atoms with van der Waals surface area (Å²) >= 11 is 0. The van der Waals surface area contributed by atoms with Gasteiger partial charge in [-0.25, -0.2) is 0 Å². The molecule has 8 nitrogen and oxygen atoms in total. The van der Waals surface area contributed by atoms with E-state index < -0.39 is 26.6 Å².